The number of urea groups is 1. The van der Waals surface area contributed by atoms with Crippen LogP contribution in [-0.2, 0) is 42.8 Å². The van der Waals surface area contributed by atoms with Gasteiger partial charge in [0, 0.05) is 61.4 Å². The molecular formula is C24H31N5NaO4S. The van der Waals surface area contributed by atoms with Gasteiger partial charge in [-0.3, -0.25) is 9.48 Å². The van der Waals surface area contributed by atoms with Gasteiger partial charge in [0.1, 0.15) is 5.69 Å². The third kappa shape index (κ3) is 5.03. The fraction of sp³-hybridized carbons (Fsp3) is 0.542. The van der Waals surface area contributed by atoms with Crippen molar-refractivity contribution in [1.29, 1.82) is 0 Å². The summed E-state index contributed by atoms with van der Waals surface area (Å²) in [5.41, 5.74) is 5.68. The van der Waals surface area contributed by atoms with Gasteiger partial charge < -0.3 is 10.2 Å². The number of benzene rings is 1. The van der Waals surface area contributed by atoms with Crippen LogP contribution in [0.15, 0.2) is 17.2 Å². The summed E-state index contributed by atoms with van der Waals surface area (Å²) in [5, 5.41) is 6.51. The van der Waals surface area contributed by atoms with E-state index in [2.05, 4.69) is 21.2 Å². The molecule has 1 saturated carbocycles. The van der Waals surface area contributed by atoms with Gasteiger partial charge in [-0.25, -0.2) is 9.52 Å². The number of fused-ring (bicyclic) bond motifs is 2. The molecule has 9 nitrogen and oxygen atoms in total. The third-order valence-electron chi connectivity index (χ3n) is 7.48. The molecule has 5 rings (SSSR count). The quantitative estimate of drug-likeness (QED) is 0.603. The summed E-state index contributed by atoms with van der Waals surface area (Å²) < 4.78 is 29.2. The van der Waals surface area contributed by atoms with Gasteiger partial charge in [0.25, 0.3) is 15.9 Å². The van der Waals surface area contributed by atoms with Crippen LogP contribution in [0.4, 0.5) is 10.5 Å². The topological polar surface area (TPSA) is 113 Å². The molecule has 1 radical (unpaired) electrons. The second-order valence-corrected chi connectivity index (χ2v) is 11.3. The Labute approximate surface area is 228 Å². The molecule has 3 amide bonds. The molecule has 1 aromatic heterocycles. The van der Waals surface area contributed by atoms with Gasteiger partial charge in [-0.05, 0) is 73.6 Å². The van der Waals surface area contributed by atoms with Crippen molar-refractivity contribution < 1.29 is 18.0 Å². The van der Waals surface area contributed by atoms with E-state index in [0.717, 1.165) is 81.0 Å². The molecule has 11 heteroatoms. The average molecular weight is 509 g/mol. The zero-order valence-electron chi connectivity index (χ0n) is 20.7. The van der Waals surface area contributed by atoms with E-state index in [4.69, 9.17) is 0 Å². The van der Waals surface area contributed by atoms with Gasteiger partial charge >= 0.3 is 6.03 Å². The monoisotopic (exact) mass is 508 g/mol. The van der Waals surface area contributed by atoms with Crippen molar-refractivity contribution in [1.82, 2.24) is 19.4 Å². The first-order valence-corrected chi connectivity index (χ1v) is 13.5. The van der Waals surface area contributed by atoms with Crippen LogP contribution in [0.2, 0.25) is 0 Å². The maximum Gasteiger partial charge on any atom is 0.333 e. The number of nitrogens with zero attached hydrogens (tertiary/aromatic N) is 3. The van der Waals surface area contributed by atoms with Crippen LogP contribution < -0.4 is 10.0 Å². The van der Waals surface area contributed by atoms with Gasteiger partial charge in [0.2, 0.25) is 0 Å². The number of hydrogen-bond acceptors (Lipinski definition) is 5. The third-order valence-corrected chi connectivity index (χ3v) is 8.69. The van der Waals surface area contributed by atoms with E-state index in [9.17, 15) is 18.0 Å². The van der Waals surface area contributed by atoms with Gasteiger partial charge in [0.15, 0.2) is 5.03 Å². The standard InChI is InChI=1S/C24H31N5O4S.Na/c1-28(17-9-3-4-10-17)23(30)20-14-21(26-29(20)2)34(32,33)27-24(31)25-22-18-11-5-7-15(18)13-16-8-6-12-19(16)22;/h13-14,17H,3-12H2,1-2H3,(H2,25,27,31);. The largest absolute Gasteiger partial charge is 0.337 e. The molecule has 2 N–H and O–H groups in total. The molecule has 183 valence electrons. The molecule has 35 heavy (non-hydrogen) atoms. The Morgan fingerprint density at radius 1 is 1.00 bits per heavy atom. The second-order valence-electron chi connectivity index (χ2n) is 9.64. The Bertz CT molecular complexity index is 1230. The van der Waals surface area contributed by atoms with Gasteiger partial charge in [0.05, 0.1) is 0 Å². The molecule has 1 fully saturated rings. The first kappa shape index (κ1) is 26.2. The van der Waals surface area contributed by atoms with Crippen LogP contribution in [-0.4, -0.2) is 77.7 Å². The fourth-order valence-electron chi connectivity index (χ4n) is 5.69. The Morgan fingerprint density at radius 3 is 2.20 bits per heavy atom. The number of hydrogen-bond donors (Lipinski definition) is 2. The minimum atomic E-state index is -4.25. The molecule has 3 aliphatic rings. The summed E-state index contributed by atoms with van der Waals surface area (Å²) >= 11 is 0. The zero-order chi connectivity index (χ0) is 24.0. The summed E-state index contributed by atoms with van der Waals surface area (Å²) in [5.74, 6) is -0.275. The summed E-state index contributed by atoms with van der Waals surface area (Å²) in [6, 6.07) is 2.83. The van der Waals surface area contributed by atoms with E-state index >= 15 is 0 Å². The van der Waals surface area contributed by atoms with Gasteiger partial charge in [-0.15, -0.1) is 0 Å². The van der Waals surface area contributed by atoms with Crippen LogP contribution >= 0.6 is 0 Å². The normalized spacial score (nSPS) is 17.0. The molecule has 0 spiro atoms. The van der Waals surface area contributed by atoms with E-state index in [1.54, 1.807) is 11.9 Å². The number of anilines is 1. The minimum absolute atomic E-state index is 0. The maximum absolute atomic E-state index is 12.9. The number of rotatable bonds is 5. The smallest absolute Gasteiger partial charge is 0.333 e. The van der Waals surface area contributed by atoms with Crippen LogP contribution in [0.5, 0.6) is 0 Å². The van der Waals surface area contributed by atoms with Crippen molar-refractivity contribution >= 4 is 57.2 Å². The first-order chi connectivity index (χ1) is 16.2. The number of nitrogens with one attached hydrogen (secondary N) is 2. The fourth-order valence-corrected chi connectivity index (χ4v) is 6.59. The molecule has 0 unspecified atom stereocenters. The summed E-state index contributed by atoms with van der Waals surface area (Å²) in [4.78, 5) is 27.4. The van der Waals surface area contributed by atoms with Crippen molar-refractivity contribution in [3.05, 3.63) is 40.1 Å². The van der Waals surface area contributed by atoms with Crippen molar-refractivity contribution in [3.63, 3.8) is 0 Å². The molecule has 0 atom stereocenters. The number of amides is 3. The number of sulfonamides is 1. The summed E-state index contributed by atoms with van der Waals surface area (Å²) in [7, 11) is -0.981. The molecule has 0 saturated heterocycles. The van der Waals surface area contributed by atoms with Gasteiger partial charge in [-0.2, -0.15) is 13.5 Å². The van der Waals surface area contributed by atoms with Crippen LogP contribution in [0.25, 0.3) is 0 Å². The van der Waals surface area contributed by atoms with Crippen molar-refractivity contribution in [2.24, 2.45) is 7.05 Å². The Kier molecular flexibility index (Phi) is 7.66. The molecule has 3 aliphatic carbocycles. The van der Waals surface area contributed by atoms with E-state index < -0.39 is 16.1 Å². The Hall–Kier alpha value is -1.88. The second kappa shape index (κ2) is 10.2. The van der Waals surface area contributed by atoms with E-state index in [0.29, 0.717) is 0 Å². The minimum Gasteiger partial charge on any atom is -0.337 e. The van der Waals surface area contributed by atoms with E-state index in [-0.39, 0.29) is 52.2 Å². The van der Waals surface area contributed by atoms with Crippen molar-refractivity contribution in [2.75, 3.05) is 12.4 Å². The Morgan fingerprint density at radius 2 is 1.60 bits per heavy atom. The van der Waals surface area contributed by atoms with Crippen molar-refractivity contribution in [3.8, 4) is 0 Å². The molecule has 2 aromatic rings. The molecule has 1 heterocycles. The van der Waals surface area contributed by atoms with E-state index in [1.165, 1.54) is 28.9 Å². The first-order valence-electron chi connectivity index (χ1n) is 12.1. The van der Waals surface area contributed by atoms with Crippen LogP contribution in [0.3, 0.4) is 0 Å². The van der Waals surface area contributed by atoms with Crippen LogP contribution in [0, 0.1) is 0 Å². The summed E-state index contributed by atoms with van der Waals surface area (Å²) in [6.07, 6.45) is 9.85. The summed E-state index contributed by atoms with van der Waals surface area (Å²) in [6.45, 7) is 0. The molecular weight excluding hydrogens is 477 g/mol. The average Bonchev–Trinajstić information content (AvgIpc) is 3.58. The maximum atomic E-state index is 12.9. The Balaban J connectivity index is 0.00000289. The molecule has 0 aliphatic heterocycles. The number of carbonyl (C=O) groups excluding carboxylic acids is 2. The molecule has 0 bridgehead atoms. The zero-order valence-corrected chi connectivity index (χ0v) is 23.5. The number of aromatic nitrogens is 2. The van der Waals surface area contributed by atoms with Gasteiger partial charge in [-0.1, -0.05) is 18.9 Å². The predicted octanol–water partition coefficient (Wildman–Crippen LogP) is 2.54. The molecule has 1 aromatic carbocycles. The van der Waals surface area contributed by atoms with E-state index in [1.807, 2.05) is 0 Å². The SMILES string of the molecule is CN(C(=O)c1cc(S(=O)(=O)NC(=O)Nc2c3c(cc4c2CCC4)CCC3)nn1C)C1CCCC1.[Na]. The van der Waals surface area contributed by atoms with Crippen LogP contribution in [0.1, 0.15) is 71.3 Å². The van der Waals surface area contributed by atoms with Crippen molar-refractivity contribution in [2.45, 2.75) is 75.3 Å². The predicted molar refractivity (Wildman–Crippen MR) is 133 cm³/mol. The number of aryl methyl sites for hydroxylation is 3. The number of carbonyl (C=O) groups is 2.